The molecule has 0 aliphatic rings. The fraction of sp³-hybridized carbons (Fsp3) is 0.333. The number of hydrogen-bond acceptors (Lipinski definition) is 16. The first-order chi connectivity index (χ1) is 27.6. The Labute approximate surface area is 329 Å². The van der Waals surface area contributed by atoms with Gasteiger partial charge >= 0.3 is 0 Å². The molecule has 15 N–H and O–H groups in total. The van der Waals surface area contributed by atoms with Crippen LogP contribution in [0, 0.1) is 0 Å². The summed E-state index contributed by atoms with van der Waals surface area (Å²) in [5, 5.41) is 103. The molecule has 0 saturated carbocycles. The van der Waals surface area contributed by atoms with E-state index < -0.39 is 108 Å². The molecule has 58 heavy (non-hydrogen) atoms. The Kier molecular flexibility index (Phi) is 17.3. The highest BCUT2D eigenvalue weighted by Crippen LogP contribution is 2.29. The summed E-state index contributed by atoms with van der Waals surface area (Å²) < 4.78 is 0. The number of carbonyl (C=O) groups excluding carboxylic acids is 6. The molecule has 3 atom stereocenters. The summed E-state index contributed by atoms with van der Waals surface area (Å²) in [7, 11) is 0. The largest absolute Gasteiger partial charge is 0.504 e. The lowest BCUT2D eigenvalue weighted by atomic mass is 10.1. The number of amides is 6. The Balaban J connectivity index is 1.62. The minimum Gasteiger partial charge on any atom is -0.504 e. The van der Waals surface area contributed by atoms with Gasteiger partial charge in [-0.2, -0.15) is 0 Å². The van der Waals surface area contributed by atoms with Crippen molar-refractivity contribution in [3.63, 3.8) is 0 Å². The molecule has 0 spiro atoms. The summed E-state index contributed by atoms with van der Waals surface area (Å²) in [6.45, 7) is -2.87. The third-order valence-corrected chi connectivity index (χ3v) is 8.37. The van der Waals surface area contributed by atoms with Gasteiger partial charge in [0, 0.05) is 39.3 Å². The predicted molar refractivity (Wildman–Crippen MR) is 200 cm³/mol. The predicted octanol–water partition coefficient (Wildman–Crippen LogP) is -3.76. The first-order valence-electron chi connectivity index (χ1n) is 17.5. The topological polar surface area (TPSA) is 360 Å². The molecule has 0 unspecified atom stereocenters. The van der Waals surface area contributed by atoms with Crippen LogP contribution in [-0.2, 0) is 14.4 Å². The second-order valence-corrected chi connectivity index (χ2v) is 12.4. The molecule has 22 nitrogen and oxygen atoms in total. The molecule has 0 saturated heterocycles. The van der Waals surface area contributed by atoms with Crippen molar-refractivity contribution in [2.45, 2.75) is 18.1 Å². The highest BCUT2D eigenvalue weighted by molar-refractivity contribution is 6.01. The Hall–Kier alpha value is -6.88. The van der Waals surface area contributed by atoms with Gasteiger partial charge in [-0.1, -0.05) is 18.2 Å². The Morgan fingerprint density at radius 1 is 0.448 bits per heavy atom. The van der Waals surface area contributed by atoms with Gasteiger partial charge in [-0.25, -0.2) is 0 Å². The number of aliphatic hydroxyl groups excluding tert-OH is 3. The maximum absolute atomic E-state index is 12.9. The monoisotopic (exact) mass is 815 g/mol. The standard InChI is InChI=1S/C36H45N7O15/c44-16-22(40-31(53)19-4-1-7-25(47)28(19)50)34(56)37-10-13-43(14-11-38-35(57)23(17-45)41-32(54)20-5-2-8-26(48)29(20)51)15-12-39-36(58)24(18-46)42-33(55)21-6-3-9-27(49)30(21)52/h1-9,22-24,44-52H,10-18H2,(H,37,56)(H,38,57)(H,39,58)(H,40,53)(H,41,54)(H,42,55)/t22-,23-,24-/m0/s1. The molecular weight excluding hydrogens is 770 g/mol. The van der Waals surface area contributed by atoms with Gasteiger partial charge in [-0.15, -0.1) is 0 Å². The van der Waals surface area contributed by atoms with Crippen LogP contribution in [0.15, 0.2) is 54.6 Å². The number of nitrogens with one attached hydrogen (secondary N) is 6. The Morgan fingerprint density at radius 3 is 0.948 bits per heavy atom. The van der Waals surface area contributed by atoms with E-state index in [1.54, 1.807) is 4.90 Å². The van der Waals surface area contributed by atoms with Crippen molar-refractivity contribution in [1.29, 1.82) is 0 Å². The summed E-state index contributed by atoms with van der Waals surface area (Å²) in [4.78, 5) is 78.0. The fourth-order valence-corrected chi connectivity index (χ4v) is 5.15. The lowest BCUT2D eigenvalue weighted by molar-refractivity contribution is -0.124. The second kappa shape index (κ2) is 22.0. The quantitative estimate of drug-likeness (QED) is 0.0459. The van der Waals surface area contributed by atoms with E-state index in [1.165, 1.54) is 36.4 Å². The van der Waals surface area contributed by atoms with Gasteiger partial charge in [0.25, 0.3) is 17.7 Å². The second-order valence-electron chi connectivity index (χ2n) is 12.4. The van der Waals surface area contributed by atoms with E-state index in [-0.39, 0.29) is 56.0 Å². The van der Waals surface area contributed by atoms with E-state index in [2.05, 4.69) is 31.9 Å². The third-order valence-electron chi connectivity index (χ3n) is 8.37. The number of aromatic hydroxyl groups is 6. The summed E-state index contributed by atoms with van der Waals surface area (Å²) in [5.41, 5.74) is -1.08. The highest BCUT2D eigenvalue weighted by atomic mass is 16.3. The molecule has 0 aromatic heterocycles. The van der Waals surface area contributed by atoms with Crippen LogP contribution >= 0.6 is 0 Å². The van der Waals surface area contributed by atoms with Crippen LogP contribution in [0.3, 0.4) is 0 Å². The van der Waals surface area contributed by atoms with Gasteiger partial charge < -0.3 is 77.9 Å². The molecule has 0 bridgehead atoms. The average Bonchev–Trinajstić information content (AvgIpc) is 3.20. The molecule has 3 rings (SSSR count). The van der Waals surface area contributed by atoms with Crippen molar-refractivity contribution in [3.05, 3.63) is 71.3 Å². The molecule has 6 amide bonds. The smallest absolute Gasteiger partial charge is 0.255 e. The number of benzene rings is 3. The SMILES string of the molecule is O=C(N[C@@H](CO)C(=O)NCCN(CCNC(=O)[C@H](CO)NC(=O)c1cccc(O)c1O)CCNC(=O)[C@H](CO)NC(=O)c1cccc(O)c1O)c1cccc(O)c1O. The van der Waals surface area contributed by atoms with Crippen LogP contribution < -0.4 is 31.9 Å². The number of aliphatic hydroxyl groups is 3. The molecular formula is C36H45N7O15. The van der Waals surface area contributed by atoms with Gasteiger partial charge in [0.1, 0.15) is 18.1 Å². The van der Waals surface area contributed by atoms with Crippen molar-refractivity contribution in [3.8, 4) is 34.5 Å². The number of nitrogens with zero attached hydrogens (tertiary/aromatic N) is 1. The number of hydrogen-bond donors (Lipinski definition) is 15. The van der Waals surface area contributed by atoms with Gasteiger partial charge in [-0.05, 0) is 36.4 Å². The normalized spacial score (nSPS) is 12.4. The van der Waals surface area contributed by atoms with Crippen LogP contribution in [0.5, 0.6) is 34.5 Å². The number of phenolic OH excluding ortho intramolecular Hbond substituents is 6. The van der Waals surface area contributed by atoms with Crippen LogP contribution in [0.25, 0.3) is 0 Å². The van der Waals surface area contributed by atoms with Crippen LogP contribution in [0.2, 0.25) is 0 Å². The first-order valence-corrected chi connectivity index (χ1v) is 17.5. The maximum Gasteiger partial charge on any atom is 0.255 e. The molecule has 3 aromatic carbocycles. The van der Waals surface area contributed by atoms with Crippen molar-refractivity contribution in [1.82, 2.24) is 36.8 Å². The van der Waals surface area contributed by atoms with E-state index >= 15 is 0 Å². The molecule has 0 aliphatic carbocycles. The third kappa shape index (κ3) is 12.6. The number of para-hydroxylation sites is 3. The number of phenols is 6. The minimum absolute atomic E-state index is 0.0187. The van der Waals surface area contributed by atoms with Crippen LogP contribution in [0.1, 0.15) is 31.1 Å². The molecule has 0 radical (unpaired) electrons. The van der Waals surface area contributed by atoms with Gasteiger partial charge in [-0.3, -0.25) is 33.7 Å². The molecule has 0 fully saturated rings. The highest BCUT2D eigenvalue weighted by Gasteiger charge is 2.26. The number of rotatable bonds is 21. The molecule has 22 heteroatoms. The van der Waals surface area contributed by atoms with E-state index in [0.717, 1.165) is 18.2 Å². The zero-order valence-electron chi connectivity index (χ0n) is 30.7. The van der Waals surface area contributed by atoms with E-state index in [0.29, 0.717) is 0 Å². The first kappa shape index (κ1) is 45.5. The molecule has 0 aliphatic heterocycles. The van der Waals surface area contributed by atoms with Crippen molar-refractivity contribution in [2.75, 3.05) is 59.1 Å². The van der Waals surface area contributed by atoms with Crippen molar-refractivity contribution in [2.24, 2.45) is 0 Å². The van der Waals surface area contributed by atoms with E-state index in [9.17, 15) is 74.7 Å². The molecule has 314 valence electrons. The Morgan fingerprint density at radius 2 is 0.707 bits per heavy atom. The molecule has 0 heterocycles. The van der Waals surface area contributed by atoms with Gasteiger partial charge in [0.2, 0.25) is 17.7 Å². The minimum atomic E-state index is -1.49. The van der Waals surface area contributed by atoms with Crippen molar-refractivity contribution < 1.29 is 74.7 Å². The van der Waals surface area contributed by atoms with Crippen LogP contribution in [-0.4, -0.2) is 164 Å². The van der Waals surface area contributed by atoms with Crippen LogP contribution in [0.4, 0.5) is 0 Å². The average molecular weight is 816 g/mol. The maximum atomic E-state index is 12.9. The zero-order valence-corrected chi connectivity index (χ0v) is 30.7. The lowest BCUT2D eigenvalue weighted by Gasteiger charge is -2.25. The van der Waals surface area contributed by atoms with E-state index in [4.69, 9.17) is 0 Å². The summed E-state index contributed by atoms with van der Waals surface area (Å²) in [5.74, 6) is -9.38. The summed E-state index contributed by atoms with van der Waals surface area (Å²) >= 11 is 0. The number of carbonyl (C=O) groups is 6. The van der Waals surface area contributed by atoms with Gasteiger partial charge in [0.15, 0.2) is 34.5 Å². The summed E-state index contributed by atoms with van der Waals surface area (Å²) in [6.07, 6.45) is 0. The molecule has 3 aromatic rings. The van der Waals surface area contributed by atoms with Crippen molar-refractivity contribution >= 4 is 35.4 Å². The summed E-state index contributed by atoms with van der Waals surface area (Å²) in [6, 6.07) is 6.32. The zero-order chi connectivity index (χ0) is 42.9. The van der Waals surface area contributed by atoms with Gasteiger partial charge in [0.05, 0.1) is 36.5 Å². The fourth-order valence-electron chi connectivity index (χ4n) is 5.15. The Bertz CT molecular complexity index is 1730. The van der Waals surface area contributed by atoms with E-state index in [1.807, 2.05) is 0 Å². The lowest BCUT2D eigenvalue weighted by Crippen LogP contribution is -2.52.